The van der Waals surface area contributed by atoms with Crippen molar-refractivity contribution in [3.63, 3.8) is 0 Å². The highest BCUT2D eigenvalue weighted by molar-refractivity contribution is 8.16. The van der Waals surface area contributed by atoms with Crippen molar-refractivity contribution in [3.05, 3.63) is 0 Å². The van der Waals surface area contributed by atoms with Crippen LogP contribution in [0.4, 0.5) is 0 Å². The molecule has 0 fully saturated rings. The number of thiol groups is 1. The Hall–Kier alpha value is 0.640. The maximum Gasteiger partial charge on any atom is 0.0499 e. The van der Waals surface area contributed by atoms with Gasteiger partial charge in [-0.15, -0.1) is 11.6 Å². The van der Waals surface area contributed by atoms with Gasteiger partial charge in [-0.25, -0.2) is 10.9 Å². The van der Waals surface area contributed by atoms with Crippen molar-refractivity contribution in [2.24, 2.45) is 0 Å². The molecule has 0 aromatic heterocycles. The summed E-state index contributed by atoms with van der Waals surface area (Å²) >= 11 is 5.37. The van der Waals surface area contributed by atoms with Crippen molar-refractivity contribution in [1.29, 1.82) is 0 Å². The van der Waals surface area contributed by atoms with E-state index >= 15 is 0 Å². The monoisotopic (exact) mass is 112 g/mol. The van der Waals surface area contributed by atoms with Crippen LogP contribution < -0.4 is 0 Å². The summed E-state index contributed by atoms with van der Waals surface area (Å²) in [5.41, 5.74) is 0. The lowest BCUT2D eigenvalue weighted by Gasteiger charge is -1.96. The van der Waals surface area contributed by atoms with E-state index in [0.29, 0.717) is 0 Å². The molecule has 0 aliphatic heterocycles. The van der Waals surface area contributed by atoms with Gasteiger partial charge in [-0.2, -0.15) is 0 Å². The van der Waals surface area contributed by atoms with Crippen molar-refractivity contribution >= 4 is 22.5 Å². The molecule has 0 aliphatic rings. The average molecular weight is 113 g/mol. The molecule has 0 unspecified atom stereocenters. The summed E-state index contributed by atoms with van der Waals surface area (Å²) in [5.74, 6) is 0. The average Bonchev–Trinajstić information content (AvgIpc) is 1.38. The zero-order valence-corrected chi connectivity index (χ0v) is 5.18. The molecule has 0 aliphatic carbocycles. The van der Waals surface area contributed by atoms with E-state index in [1.54, 1.807) is 0 Å². The third-order valence-electron chi connectivity index (χ3n) is 0.239. The molecule has 0 heterocycles. The van der Waals surface area contributed by atoms with Crippen LogP contribution in [0.3, 0.4) is 0 Å². The van der Waals surface area contributed by atoms with Crippen LogP contribution in [0.1, 0.15) is 0 Å². The molecule has 0 aromatic carbocycles. The molecule has 0 spiro atoms. The number of hydrogen-bond acceptors (Lipinski definition) is 0. The van der Waals surface area contributed by atoms with E-state index in [4.69, 9.17) is 11.6 Å². The Morgan fingerprint density at radius 2 is 1.80 bits per heavy atom. The Morgan fingerprint density at radius 1 is 1.60 bits per heavy atom. The molecule has 0 radical (unpaired) electrons. The van der Waals surface area contributed by atoms with Gasteiger partial charge in [0.05, 0.1) is 0 Å². The Labute approximate surface area is 40.9 Å². The first-order valence-electron chi connectivity index (χ1n) is 1.48. The SMILES string of the molecule is C[SH](C)CCl. The zero-order valence-electron chi connectivity index (χ0n) is 3.53. The molecule has 0 bridgehead atoms. The molecule has 34 valence electrons. The number of halogens is 1. The maximum atomic E-state index is 5.37. The lowest BCUT2D eigenvalue weighted by atomic mass is 11.8. The molecule has 0 atom stereocenters. The lowest BCUT2D eigenvalue weighted by Crippen LogP contribution is -1.67. The van der Waals surface area contributed by atoms with Crippen molar-refractivity contribution in [2.45, 2.75) is 0 Å². The van der Waals surface area contributed by atoms with E-state index in [2.05, 4.69) is 12.5 Å². The van der Waals surface area contributed by atoms with Gasteiger partial charge in [0.2, 0.25) is 0 Å². The second-order valence-corrected chi connectivity index (χ2v) is 4.31. The van der Waals surface area contributed by atoms with Gasteiger partial charge in [0.25, 0.3) is 0 Å². The summed E-state index contributed by atoms with van der Waals surface area (Å²) in [6, 6.07) is 0. The molecule has 0 saturated carbocycles. The third-order valence-corrected chi connectivity index (χ3v) is 2.15. The number of hydrogen-bond donors (Lipinski definition) is 1. The first kappa shape index (κ1) is 5.64. The highest BCUT2D eigenvalue weighted by Crippen LogP contribution is 2.12. The van der Waals surface area contributed by atoms with Gasteiger partial charge in [0.15, 0.2) is 0 Å². The van der Waals surface area contributed by atoms with Crippen molar-refractivity contribution in [1.82, 2.24) is 0 Å². The summed E-state index contributed by atoms with van der Waals surface area (Å²) in [6.45, 7) is 0. The topological polar surface area (TPSA) is 0 Å². The fourth-order valence-electron chi connectivity index (χ4n) is 0. The molecule has 0 amide bonds. The summed E-state index contributed by atoms with van der Waals surface area (Å²) in [6.07, 6.45) is 4.31. The van der Waals surface area contributed by atoms with Gasteiger partial charge in [-0.3, -0.25) is 0 Å². The van der Waals surface area contributed by atoms with E-state index in [9.17, 15) is 0 Å². The number of alkyl halides is 1. The molecular formula is C3H9ClS. The Balaban J connectivity index is 2.54. The van der Waals surface area contributed by atoms with E-state index in [-0.39, 0.29) is 10.9 Å². The van der Waals surface area contributed by atoms with Crippen molar-refractivity contribution in [2.75, 3.05) is 17.7 Å². The number of rotatable bonds is 1. The minimum atomic E-state index is 0.167. The van der Waals surface area contributed by atoms with Crippen LogP contribution in [-0.4, -0.2) is 17.7 Å². The van der Waals surface area contributed by atoms with Crippen LogP contribution in [0, 0.1) is 0 Å². The van der Waals surface area contributed by atoms with E-state index in [1.165, 1.54) is 0 Å². The largest absolute Gasteiger partial charge is 0.246 e. The van der Waals surface area contributed by atoms with Crippen LogP contribution >= 0.6 is 22.5 Å². The van der Waals surface area contributed by atoms with Crippen molar-refractivity contribution < 1.29 is 0 Å². The first-order chi connectivity index (χ1) is 2.27. The van der Waals surface area contributed by atoms with Crippen LogP contribution in [0.5, 0.6) is 0 Å². The predicted octanol–water partition coefficient (Wildman–Crippen LogP) is 1.44. The molecule has 0 nitrogen and oxygen atoms in total. The van der Waals surface area contributed by atoms with Gasteiger partial charge in [-0.05, 0) is 12.5 Å². The van der Waals surface area contributed by atoms with Crippen molar-refractivity contribution in [3.8, 4) is 0 Å². The smallest absolute Gasteiger partial charge is 0.0499 e. The Bertz CT molecular complexity index is 20.9. The van der Waals surface area contributed by atoms with Gasteiger partial charge < -0.3 is 0 Å². The molecule has 0 rings (SSSR count). The van der Waals surface area contributed by atoms with Crippen LogP contribution in [-0.2, 0) is 0 Å². The quantitative estimate of drug-likeness (QED) is 0.385. The highest BCUT2D eigenvalue weighted by atomic mass is 35.5. The molecule has 2 heteroatoms. The van der Waals surface area contributed by atoms with Gasteiger partial charge in [0, 0.05) is 5.21 Å². The van der Waals surface area contributed by atoms with Crippen LogP contribution in [0.15, 0.2) is 0 Å². The van der Waals surface area contributed by atoms with E-state index in [0.717, 1.165) is 5.21 Å². The fraction of sp³-hybridized carbons (Fsp3) is 1.00. The summed E-state index contributed by atoms with van der Waals surface area (Å²) in [7, 11) is 0.167. The first-order valence-corrected chi connectivity index (χ1v) is 4.43. The molecule has 0 aromatic rings. The maximum absolute atomic E-state index is 5.37. The van der Waals surface area contributed by atoms with Crippen LogP contribution in [0.25, 0.3) is 0 Å². The van der Waals surface area contributed by atoms with Crippen LogP contribution in [0.2, 0.25) is 0 Å². The predicted molar refractivity (Wildman–Crippen MR) is 31.6 cm³/mol. The lowest BCUT2D eigenvalue weighted by molar-refractivity contribution is 2.09. The summed E-state index contributed by atoms with van der Waals surface area (Å²) in [5, 5.41) is 0.843. The molecular weight excluding hydrogens is 104 g/mol. The normalized spacial score (nSPS) is 11.4. The second-order valence-electron chi connectivity index (χ2n) is 1.20. The Kier molecular flexibility index (Phi) is 3.22. The summed E-state index contributed by atoms with van der Waals surface area (Å²) in [4.78, 5) is 0. The van der Waals surface area contributed by atoms with E-state index < -0.39 is 0 Å². The zero-order chi connectivity index (χ0) is 4.28. The minimum Gasteiger partial charge on any atom is -0.246 e. The Morgan fingerprint density at radius 3 is 1.80 bits per heavy atom. The van der Waals surface area contributed by atoms with Gasteiger partial charge in [-0.1, -0.05) is 0 Å². The summed E-state index contributed by atoms with van der Waals surface area (Å²) < 4.78 is 0. The fourth-order valence-corrected chi connectivity index (χ4v) is 0. The molecule has 0 saturated heterocycles. The van der Waals surface area contributed by atoms with E-state index in [1.807, 2.05) is 0 Å². The van der Waals surface area contributed by atoms with Gasteiger partial charge in [0.1, 0.15) is 0 Å². The minimum absolute atomic E-state index is 0.167. The third kappa shape index (κ3) is 4.64. The molecule has 5 heavy (non-hydrogen) atoms. The standard InChI is InChI=1S/C3H9ClS/c1-5(2)3-4/h5H,3H2,1-2H3. The molecule has 0 N–H and O–H groups in total. The van der Waals surface area contributed by atoms with Gasteiger partial charge >= 0.3 is 0 Å². The second kappa shape index (κ2) is 2.86. The highest BCUT2D eigenvalue weighted by Gasteiger charge is 1.74.